The van der Waals surface area contributed by atoms with E-state index in [1.807, 2.05) is 65.6 Å². The quantitative estimate of drug-likeness (QED) is 0.297. The minimum Gasteiger partial charge on any atom is -0.336 e. The van der Waals surface area contributed by atoms with Crippen LogP contribution in [0.1, 0.15) is 15.9 Å². The van der Waals surface area contributed by atoms with Gasteiger partial charge in [-0.25, -0.2) is 9.48 Å². The van der Waals surface area contributed by atoms with Crippen molar-refractivity contribution in [3.8, 4) is 22.3 Å². The van der Waals surface area contributed by atoms with Gasteiger partial charge in [0.05, 0.1) is 12.7 Å². The van der Waals surface area contributed by atoms with Crippen molar-refractivity contribution in [1.82, 2.24) is 29.2 Å². The third kappa shape index (κ3) is 5.13. The van der Waals surface area contributed by atoms with Crippen LogP contribution < -0.4 is 5.69 Å². The molecule has 40 heavy (non-hydrogen) atoms. The molecule has 1 aliphatic rings. The normalized spacial score (nSPS) is 14.1. The lowest BCUT2D eigenvalue weighted by Gasteiger charge is -2.32. The van der Waals surface area contributed by atoms with Crippen LogP contribution in [0.4, 0.5) is 0 Å². The largest absolute Gasteiger partial charge is 0.367 e. The summed E-state index contributed by atoms with van der Waals surface area (Å²) in [5.41, 5.74) is 4.89. The number of fused-ring (bicyclic) bond motifs is 1. The van der Waals surface area contributed by atoms with Gasteiger partial charge in [-0.3, -0.25) is 4.79 Å². The Kier molecular flexibility index (Phi) is 7.14. The van der Waals surface area contributed by atoms with Crippen LogP contribution in [-0.2, 0) is 6.54 Å². The second-order valence-corrected chi connectivity index (χ2v) is 10.8. The molecule has 0 saturated carbocycles. The number of nitrogens with zero attached hydrogens (tertiary/aromatic N) is 6. The molecule has 3 heterocycles. The molecule has 1 fully saturated rings. The minimum atomic E-state index is -0.356. The molecule has 202 valence electrons. The average Bonchev–Trinajstić information content (AvgIpc) is 3.28. The fourth-order valence-electron chi connectivity index (χ4n) is 4.93. The van der Waals surface area contributed by atoms with Crippen molar-refractivity contribution >= 4 is 34.8 Å². The van der Waals surface area contributed by atoms with E-state index in [4.69, 9.17) is 28.3 Å². The second kappa shape index (κ2) is 10.9. The molecule has 0 bridgehead atoms. The Morgan fingerprint density at radius 2 is 1.43 bits per heavy atom. The van der Waals surface area contributed by atoms with Gasteiger partial charge in [0.15, 0.2) is 5.65 Å². The third-order valence-electron chi connectivity index (χ3n) is 7.23. The van der Waals surface area contributed by atoms with Gasteiger partial charge in [-0.05, 0) is 60.1 Å². The number of piperazine rings is 1. The Hall–Kier alpha value is -3.98. The van der Waals surface area contributed by atoms with E-state index in [1.165, 1.54) is 9.20 Å². The van der Waals surface area contributed by atoms with Crippen molar-refractivity contribution in [2.45, 2.75) is 6.54 Å². The number of hydrogen-bond acceptors (Lipinski definition) is 5. The summed E-state index contributed by atoms with van der Waals surface area (Å²) in [5.74, 6) is 0.0242. The molecule has 8 nitrogen and oxygen atoms in total. The molecule has 5 aromatic rings. The van der Waals surface area contributed by atoms with Crippen molar-refractivity contribution < 1.29 is 4.79 Å². The number of aromatic nitrogens is 4. The molecule has 6 rings (SSSR count). The van der Waals surface area contributed by atoms with Crippen LogP contribution in [0, 0.1) is 0 Å². The van der Waals surface area contributed by atoms with Crippen LogP contribution >= 0.6 is 23.2 Å². The van der Waals surface area contributed by atoms with Crippen molar-refractivity contribution in [2.24, 2.45) is 0 Å². The van der Waals surface area contributed by atoms with Gasteiger partial charge in [-0.2, -0.15) is 9.61 Å². The topological polar surface area (TPSA) is 75.7 Å². The van der Waals surface area contributed by atoms with E-state index in [1.54, 1.807) is 18.3 Å². The monoisotopic (exact) mass is 572 g/mol. The first kappa shape index (κ1) is 26.3. The highest BCUT2D eigenvalue weighted by Gasteiger charge is 2.21. The first-order valence-electron chi connectivity index (χ1n) is 12.9. The van der Waals surface area contributed by atoms with Crippen molar-refractivity contribution in [1.29, 1.82) is 0 Å². The lowest BCUT2D eigenvalue weighted by Crippen LogP contribution is -2.47. The van der Waals surface area contributed by atoms with E-state index < -0.39 is 0 Å². The molecule has 1 saturated heterocycles. The molecule has 3 aromatic carbocycles. The summed E-state index contributed by atoms with van der Waals surface area (Å²) in [6.45, 7) is 3.41. The van der Waals surface area contributed by atoms with E-state index in [9.17, 15) is 9.59 Å². The predicted molar refractivity (Wildman–Crippen MR) is 157 cm³/mol. The lowest BCUT2D eigenvalue weighted by molar-refractivity contribution is 0.0664. The predicted octanol–water partition coefficient (Wildman–Crippen LogP) is 4.97. The summed E-state index contributed by atoms with van der Waals surface area (Å²) >= 11 is 12.3. The molecule has 10 heteroatoms. The van der Waals surface area contributed by atoms with E-state index in [0.717, 1.165) is 40.9 Å². The molecular weight excluding hydrogens is 547 g/mol. The number of rotatable bonds is 5. The number of carbonyl (C=O) groups is 1. The molecule has 0 spiro atoms. The van der Waals surface area contributed by atoms with Crippen LogP contribution in [0.2, 0.25) is 10.0 Å². The summed E-state index contributed by atoms with van der Waals surface area (Å²) in [5, 5.41) is 10.4. The van der Waals surface area contributed by atoms with Crippen LogP contribution in [0.25, 0.3) is 27.9 Å². The molecule has 0 radical (unpaired) electrons. The molecular formula is C30H26Cl2N6O2. The maximum absolute atomic E-state index is 13.4. The molecule has 1 aliphatic heterocycles. The zero-order valence-corrected chi connectivity index (χ0v) is 23.3. The van der Waals surface area contributed by atoms with Gasteiger partial charge in [0, 0.05) is 52.9 Å². The third-order valence-corrected chi connectivity index (χ3v) is 7.73. The SMILES string of the molecule is CN1CCN(C(=O)c2ccc(Cn3nc4c(-c5ccc(Cl)cc5)c(-c5ccc(Cl)cc5)cnn4c3=O)cc2)CC1. The second-order valence-electron chi connectivity index (χ2n) is 9.92. The zero-order chi connectivity index (χ0) is 27.8. The van der Waals surface area contributed by atoms with Crippen LogP contribution in [0.5, 0.6) is 0 Å². The summed E-state index contributed by atoms with van der Waals surface area (Å²) in [7, 11) is 2.06. The first-order valence-corrected chi connectivity index (χ1v) is 13.7. The van der Waals surface area contributed by atoms with Crippen molar-refractivity contribution in [3.05, 3.63) is 111 Å². The molecule has 2 aromatic heterocycles. The standard InChI is InChI=1S/C30H26Cl2N6O2/c1-35-14-16-36(17-15-35)29(39)23-4-2-20(3-5-23)19-37-30(40)38-28(34-37)27(22-8-12-25(32)13-9-22)26(18-33-38)21-6-10-24(31)11-7-21/h2-13,18H,14-17,19H2,1H3. The number of likely N-dealkylation sites (N-methyl/N-ethyl adjacent to an activating group) is 1. The molecule has 0 atom stereocenters. The van der Waals surface area contributed by atoms with E-state index in [0.29, 0.717) is 34.3 Å². The molecule has 0 N–H and O–H groups in total. The zero-order valence-electron chi connectivity index (χ0n) is 21.8. The molecule has 0 unspecified atom stereocenters. The number of amides is 1. The Morgan fingerprint density at radius 1 is 0.825 bits per heavy atom. The Labute approximate surface area is 241 Å². The summed E-state index contributed by atoms with van der Waals surface area (Å²) in [6.07, 6.45) is 1.67. The maximum Gasteiger partial charge on any atom is 0.367 e. The van der Waals surface area contributed by atoms with Crippen molar-refractivity contribution in [2.75, 3.05) is 33.2 Å². The number of carbonyl (C=O) groups excluding carboxylic acids is 1. The van der Waals surface area contributed by atoms with Gasteiger partial charge in [0.25, 0.3) is 5.91 Å². The Morgan fingerprint density at radius 3 is 2.05 bits per heavy atom. The van der Waals surface area contributed by atoms with Gasteiger partial charge >= 0.3 is 5.69 Å². The van der Waals surface area contributed by atoms with E-state index in [-0.39, 0.29) is 18.1 Å². The Balaban J connectivity index is 1.35. The van der Waals surface area contributed by atoms with Gasteiger partial charge < -0.3 is 9.80 Å². The van der Waals surface area contributed by atoms with Crippen LogP contribution in [0.15, 0.2) is 83.8 Å². The summed E-state index contributed by atoms with van der Waals surface area (Å²) in [6, 6.07) is 22.2. The highest BCUT2D eigenvalue weighted by atomic mass is 35.5. The molecule has 1 amide bonds. The fourth-order valence-corrected chi connectivity index (χ4v) is 5.18. The highest BCUT2D eigenvalue weighted by molar-refractivity contribution is 6.31. The number of hydrogen-bond donors (Lipinski definition) is 0. The highest BCUT2D eigenvalue weighted by Crippen LogP contribution is 2.35. The maximum atomic E-state index is 13.4. The van der Waals surface area contributed by atoms with Crippen LogP contribution in [0.3, 0.4) is 0 Å². The first-order chi connectivity index (χ1) is 19.4. The lowest BCUT2D eigenvalue weighted by atomic mass is 9.97. The van der Waals surface area contributed by atoms with E-state index in [2.05, 4.69) is 17.0 Å². The van der Waals surface area contributed by atoms with Gasteiger partial charge in [-0.15, -0.1) is 5.10 Å². The number of benzene rings is 3. The number of halogens is 2. The van der Waals surface area contributed by atoms with E-state index >= 15 is 0 Å². The van der Waals surface area contributed by atoms with Gasteiger partial charge in [0.2, 0.25) is 0 Å². The summed E-state index contributed by atoms with van der Waals surface area (Å²) in [4.78, 5) is 30.4. The van der Waals surface area contributed by atoms with Gasteiger partial charge in [0.1, 0.15) is 0 Å². The van der Waals surface area contributed by atoms with Crippen LogP contribution in [-0.4, -0.2) is 68.3 Å². The summed E-state index contributed by atoms with van der Waals surface area (Å²) < 4.78 is 2.71. The smallest absolute Gasteiger partial charge is 0.336 e. The molecule has 0 aliphatic carbocycles. The van der Waals surface area contributed by atoms with Crippen molar-refractivity contribution in [3.63, 3.8) is 0 Å². The Bertz CT molecular complexity index is 1740. The average molecular weight is 573 g/mol. The minimum absolute atomic E-state index is 0.0242. The fraction of sp³-hybridized carbons (Fsp3) is 0.200. The van der Waals surface area contributed by atoms with Gasteiger partial charge in [-0.1, -0.05) is 59.6 Å².